The van der Waals surface area contributed by atoms with Gasteiger partial charge in [-0.15, -0.1) is 0 Å². The minimum absolute atomic E-state index is 0.0393. The van der Waals surface area contributed by atoms with Crippen molar-refractivity contribution in [3.05, 3.63) is 40.3 Å². The number of hydrogen-bond acceptors (Lipinski definition) is 6. The monoisotopic (exact) mass is 387 g/mol. The molecule has 0 radical (unpaired) electrons. The molecule has 1 aliphatic rings. The van der Waals surface area contributed by atoms with E-state index in [4.69, 9.17) is 9.47 Å². The van der Waals surface area contributed by atoms with Gasteiger partial charge < -0.3 is 14.4 Å². The lowest BCUT2D eigenvalue weighted by Gasteiger charge is -2.28. The van der Waals surface area contributed by atoms with Gasteiger partial charge in [0.1, 0.15) is 0 Å². The highest BCUT2D eigenvalue weighted by Gasteiger charge is 2.27. The molecule has 0 spiro atoms. The van der Waals surface area contributed by atoms with E-state index in [1.165, 1.54) is 4.68 Å². The van der Waals surface area contributed by atoms with Crippen molar-refractivity contribution < 1.29 is 19.1 Å². The summed E-state index contributed by atoms with van der Waals surface area (Å²) in [4.78, 5) is 39.6. The molecule has 8 heteroatoms. The molecule has 1 aliphatic heterocycles. The maximum atomic E-state index is 12.8. The molecule has 2 aromatic rings. The van der Waals surface area contributed by atoms with Gasteiger partial charge in [0.2, 0.25) is 0 Å². The number of esters is 1. The third-order valence-electron chi connectivity index (χ3n) is 4.55. The number of amides is 1. The first-order valence-electron chi connectivity index (χ1n) is 9.46. The Morgan fingerprint density at radius 3 is 2.43 bits per heavy atom. The fraction of sp³-hybridized carbons (Fsp3) is 0.500. The van der Waals surface area contributed by atoms with Crippen molar-refractivity contribution in [3.8, 4) is 0 Å². The third-order valence-corrected chi connectivity index (χ3v) is 4.55. The van der Waals surface area contributed by atoms with Crippen molar-refractivity contribution in [2.24, 2.45) is 5.92 Å². The van der Waals surface area contributed by atoms with Gasteiger partial charge in [-0.25, -0.2) is 9.48 Å². The molecule has 1 fully saturated rings. The standard InChI is InChI=1S/C20H25N3O5/c1-13(2)12-23-19(25)16-7-5-4-6-15(16)17(21-23)20(26)28-14(3)18(24)22-8-10-27-11-9-22/h4-7,13-14H,8-12H2,1-3H3. The average Bonchev–Trinajstić information content (AvgIpc) is 2.69. The molecule has 1 amide bonds. The maximum absolute atomic E-state index is 12.8. The van der Waals surface area contributed by atoms with Crippen LogP contribution in [0.3, 0.4) is 0 Å². The minimum atomic E-state index is -0.948. The minimum Gasteiger partial charge on any atom is -0.448 e. The van der Waals surface area contributed by atoms with Gasteiger partial charge in [-0.3, -0.25) is 9.59 Å². The molecule has 3 rings (SSSR count). The highest BCUT2D eigenvalue weighted by molar-refractivity contribution is 6.02. The van der Waals surface area contributed by atoms with Crippen molar-refractivity contribution in [1.82, 2.24) is 14.7 Å². The van der Waals surface area contributed by atoms with Gasteiger partial charge in [0, 0.05) is 25.0 Å². The van der Waals surface area contributed by atoms with Crippen molar-refractivity contribution >= 4 is 22.6 Å². The molecule has 1 saturated heterocycles. The van der Waals surface area contributed by atoms with E-state index >= 15 is 0 Å². The van der Waals surface area contributed by atoms with E-state index in [1.807, 2.05) is 13.8 Å². The van der Waals surface area contributed by atoms with Gasteiger partial charge in [-0.05, 0) is 18.9 Å². The van der Waals surface area contributed by atoms with E-state index in [1.54, 1.807) is 36.1 Å². The summed E-state index contributed by atoms with van der Waals surface area (Å²) in [6.45, 7) is 7.74. The summed E-state index contributed by atoms with van der Waals surface area (Å²) < 4.78 is 11.9. The van der Waals surface area contributed by atoms with Crippen LogP contribution in [0.5, 0.6) is 0 Å². The maximum Gasteiger partial charge on any atom is 0.360 e. The van der Waals surface area contributed by atoms with Gasteiger partial charge in [0.15, 0.2) is 11.8 Å². The molecule has 1 aromatic heterocycles. The third kappa shape index (κ3) is 4.22. The number of aromatic nitrogens is 2. The number of carbonyl (C=O) groups is 2. The van der Waals surface area contributed by atoms with Crippen LogP contribution in [0, 0.1) is 5.92 Å². The van der Waals surface area contributed by atoms with Crippen molar-refractivity contribution in [1.29, 1.82) is 0 Å². The smallest absolute Gasteiger partial charge is 0.360 e. The molecule has 28 heavy (non-hydrogen) atoms. The summed E-state index contributed by atoms with van der Waals surface area (Å²) in [5.41, 5.74) is -0.212. The largest absolute Gasteiger partial charge is 0.448 e. The van der Waals surface area contributed by atoms with Crippen molar-refractivity contribution in [3.63, 3.8) is 0 Å². The molecule has 0 saturated carbocycles. The van der Waals surface area contributed by atoms with E-state index < -0.39 is 12.1 Å². The molecular formula is C20H25N3O5. The van der Waals surface area contributed by atoms with Gasteiger partial charge >= 0.3 is 5.97 Å². The summed E-state index contributed by atoms with van der Waals surface area (Å²) >= 11 is 0. The summed E-state index contributed by atoms with van der Waals surface area (Å²) in [5, 5.41) is 5.07. The zero-order valence-corrected chi connectivity index (χ0v) is 16.4. The Morgan fingerprint density at radius 1 is 1.14 bits per heavy atom. The van der Waals surface area contributed by atoms with Gasteiger partial charge in [-0.2, -0.15) is 5.10 Å². The number of carbonyl (C=O) groups excluding carboxylic acids is 2. The molecule has 8 nitrogen and oxygen atoms in total. The van der Waals surface area contributed by atoms with E-state index in [2.05, 4.69) is 5.10 Å². The number of fused-ring (bicyclic) bond motifs is 1. The van der Waals surface area contributed by atoms with Crippen LogP contribution >= 0.6 is 0 Å². The SMILES string of the molecule is CC(C)Cn1nc(C(=O)OC(C)C(=O)N2CCOCC2)c2ccccc2c1=O. The first-order chi connectivity index (χ1) is 13.4. The van der Waals surface area contributed by atoms with E-state index in [0.29, 0.717) is 43.6 Å². The molecule has 0 bridgehead atoms. The molecule has 1 aromatic carbocycles. The van der Waals surface area contributed by atoms with Crippen LogP contribution in [0.2, 0.25) is 0 Å². The van der Waals surface area contributed by atoms with E-state index in [-0.39, 0.29) is 23.1 Å². The topological polar surface area (TPSA) is 90.7 Å². The van der Waals surface area contributed by atoms with Crippen molar-refractivity contribution in [2.75, 3.05) is 26.3 Å². The number of ether oxygens (including phenoxy) is 2. The molecule has 0 N–H and O–H groups in total. The second kappa shape index (κ2) is 8.52. The first-order valence-corrected chi connectivity index (χ1v) is 9.46. The fourth-order valence-electron chi connectivity index (χ4n) is 3.16. The highest BCUT2D eigenvalue weighted by atomic mass is 16.5. The van der Waals surface area contributed by atoms with Crippen LogP contribution < -0.4 is 5.56 Å². The Balaban J connectivity index is 1.89. The summed E-state index contributed by atoms with van der Waals surface area (Å²) in [6, 6.07) is 6.79. The Labute approximate surface area is 163 Å². The molecule has 2 heterocycles. The van der Waals surface area contributed by atoms with Crippen LogP contribution in [0.25, 0.3) is 10.8 Å². The number of benzene rings is 1. The Hall–Kier alpha value is -2.74. The highest BCUT2D eigenvalue weighted by Crippen LogP contribution is 2.16. The number of hydrogen-bond donors (Lipinski definition) is 0. The van der Waals surface area contributed by atoms with Crippen molar-refractivity contribution in [2.45, 2.75) is 33.4 Å². The van der Waals surface area contributed by atoms with E-state index in [9.17, 15) is 14.4 Å². The molecular weight excluding hydrogens is 362 g/mol. The number of morpholine rings is 1. The normalized spacial score (nSPS) is 15.6. The summed E-state index contributed by atoms with van der Waals surface area (Å²) in [5.74, 6) is -0.809. The van der Waals surface area contributed by atoms with Crippen LogP contribution in [-0.2, 0) is 20.8 Å². The molecule has 0 aliphatic carbocycles. The lowest BCUT2D eigenvalue weighted by atomic mass is 10.1. The Morgan fingerprint density at radius 2 is 1.79 bits per heavy atom. The molecule has 1 unspecified atom stereocenters. The Kier molecular flexibility index (Phi) is 6.08. The second-order valence-corrected chi connectivity index (χ2v) is 7.26. The summed E-state index contributed by atoms with van der Waals surface area (Å²) in [7, 11) is 0. The van der Waals surface area contributed by atoms with Gasteiger partial charge in [-0.1, -0.05) is 32.0 Å². The predicted molar refractivity (Wildman–Crippen MR) is 103 cm³/mol. The number of nitrogens with zero attached hydrogens (tertiary/aromatic N) is 3. The van der Waals surface area contributed by atoms with Gasteiger partial charge in [0.25, 0.3) is 11.5 Å². The predicted octanol–water partition coefficient (Wildman–Crippen LogP) is 1.46. The first kappa shape index (κ1) is 20.0. The molecule has 1 atom stereocenters. The van der Waals surface area contributed by atoms with Crippen LogP contribution in [-0.4, -0.2) is 59.0 Å². The molecule has 150 valence electrons. The van der Waals surface area contributed by atoms with Gasteiger partial charge in [0.05, 0.1) is 18.6 Å². The van der Waals surface area contributed by atoms with Crippen LogP contribution in [0.15, 0.2) is 29.1 Å². The number of rotatable bonds is 5. The summed E-state index contributed by atoms with van der Waals surface area (Å²) in [6.07, 6.45) is -0.948. The fourth-order valence-corrected chi connectivity index (χ4v) is 3.16. The average molecular weight is 387 g/mol. The van der Waals surface area contributed by atoms with E-state index in [0.717, 1.165) is 0 Å². The quantitative estimate of drug-likeness (QED) is 0.722. The zero-order chi connectivity index (χ0) is 20.3. The Bertz CT molecular complexity index is 931. The lowest BCUT2D eigenvalue weighted by Crippen LogP contribution is -2.46. The van der Waals surface area contributed by atoms with Crippen LogP contribution in [0.4, 0.5) is 0 Å². The lowest BCUT2D eigenvalue weighted by molar-refractivity contribution is -0.143. The zero-order valence-electron chi connectivity index (χ0n) is 16.4. The second-order valence-electron chi connectivity index (χ2n) is 7.26. The van der Waals surface area contributed by atoms with Crippen LogP contribution in [0.1, 0.15) is 31.3 Å².